The number of hydrogen-bond acceptors (Lipinski definition) is 5. The summed E-state index contributed by atoms with van der Waals surface area (Å²) in [7, 11) is 1.91. The molecule has 20 heavy (non-hydrogen) atoms. The maximum Gasteiger partial charge on any atom is 0.141 e. The number of nitrogens with zero attached hydrogens (tertiary/aromatic N) is 4. The van der Waals surface area contributed by atoms with Gasteiger partial charge in [-0.3, -0.25) is 4.68 Å². The summed E-state index contributed by atoms with van der Waals surface area (Å²) in [5, 5.41) is 8.04. The highest BCUT2D eigenvalue weighted by Gasteiger charge is 2.09. The number of hydrogen-bond donors (Lipinski definition) is 1. The molecular formula is C14H21N5S. The first kappa shape index (κ1) is 14.8. The summed E-state index contributed by atoms with van der Waals surface area (Å²) in [6, 6.07) is 1.98. The quantitative estimate of drug-likeness (QED) is 0.887. The van der Waals surface area contributed by atoms with Crippen molar-refractivity contribution in [3.05, 3.63) is 24.3 Å². The molecule has 0 radical (unpaired) electrons. The number of thioether (sulfide) groups is 1. The molecule has 0 fully saturated rings. The summed E-state index contributed by atoms with van der Waals surface area (Å²) >= 11 is 1.85. The Kier molecular flexibility index (Phi) is 5.00. The van der Waals surface area contributed by atoms with Gasteiger partial charge in [-0.25, -0.2) is 9.97 Å². The lowest BCUT2D eigenvalue weighted by molar-refractivity contribution is 0.768. The van der Waals surface area contributed by atoms with Gasteiger partial charge in [-0.15, -0.1) is 0 Å². The lowest BCUT2D eigenvalue weighted by Crippen LogP contribution is -2.04. The molecule has 0 spiro atoms. The monoisotopic (exact) mass is 291 g/mol. The van der Waals surface area contributed by atoms with Crippen LogP contribution in [0.15, 0.2) is 18.5 Å². The van der Waals surface area contributed by atoms with Gasteiger partial charge in [-0.1, -0.05) is 13.8 Å². The van der Waals surface area contributed by atoms with Crippen molar-refractivity contribution in [3.8, 4) is 11.3 Å². The van der Waals surface area contributed by atoms with Gasteiger partial charge in [0, 0.05) is 31.4 Å². The predicted molar refractivity (Wildman–Crippen MR) is 84.8 cm³/mol. The maximum atomic E-state index is 4.65. The first-order chi connectivity index (χ1) is 9.58. The Morgan fingerprint density at radius 2 is 2.15 bits per heavy atom. The molecule has 0 saturated carbocycles. The summed E-state index contributed by atoms with van der Waals surface area (Å²) in [6.07, 6.45) is 3.80. The zero-order valence-electron chi connectivity index (χ0n) is 12.4. The molecule has 0 unspecified atom stereocenters. The van der Waals surface area contributed by atoms with Gasteiger partial charge in [0.15, 0.2) is 0 Å². The Hall–Kier alpha value is -1.56. The van der Waals surface area contributed by atoms with E-state index in [4.69, 9.17) is 0 Å². The molecule has 108 valence electrons. The second-order valence-corrected chi connectivity index (χ2v) is 6.41. The van der Waals surface area contributed by atoms with Crippen molar-refractivity contribution in [1.29, 1.82) is 0 Å². The Morgan fingerprint density at radius 1 is 1.35 bits per heavy atom. The molecule has 5 nitrogen and oxygen atoms in total. The third-order valence-electron chi connectivity index (χ3n) is 2.68. The van der Waals surface area contributed by atoms with E-state index in [1.54, 1.807) is 4.68 Å². The summed E-state index contributed by atoms with van der Waals surface area (Å²) < 4.78 is 1.78. The molecule has 0 aliphatic carbocycles. The van der Waals surface area contributed by atoms with Crippen LogP contribution in [0.1, 0.15) is 26.6 Å². The molecule has 0 saturated heterocycles. The van der Waals surface area contributed by atoms with Gasteiger partial charge in [0.25, 0.3) is 0 Å². The van der Waals surface area contributed by atoms with Crippen molar-refractivity contribution in [1.82, 2.24) is 19.7 Å². The van der Waals surface area contributed by atoms with Crippen LogP contribution in [0.3, 0.4) is 0 Å². The Bertz CT molecular complexity index is 564. The van der Waals surface area contributed by atoms with Crippen molar-refractivity contribution in [2.24, 2.45) is 7.05 Å². The van der Waals surface area contributed by atoms with Crippen molar-refractivity contribution in [3.63, 3.8) is 0 Å². The lowest BCUT2D eigenvalue weighted by Gasteiger charge is -2.09. The summed E-state index contributed by atoms with van der Waals surface area (Å²) in [6.45, 7) is 7.27. The molecular weight excluding hydrogens is 270 g/mol. The van der Waals surface area contributed by atoms with E-state index >= 15 is 0 Å². The van der Waals surface area contributed by atoms with Crippen LogP contribution in [0.2, 0.25) is 0 Å². The van der Waals surface area contributed by atoms with Gasteiger partial charge < -0.3 is 5.32 Å². The molecule has 0 amide bonds. The summed E-state index contributed by atoms with van der Waals surface area (Å²) in [5.74, 6) is 2.56. The molecule has 2 rings (SSSR count). The average Bonchev–Trinajstić information content (AvgIpc) is 2.83. The van der Waals surface area contributed by atoms with E-state index in [0.29, 0.717) is 5.25 Å². The number of anilines is 1. The van der Waals surface area contributed by atoms with Crippen molar-refractivity contribution >= 4 is 17.6 Å². The normalized spacial score (nSPS) is 11.1. The minimum atomic E-state index is 0.572. The van der Waals surface area contributed by atoms with Crippen LogP contribution in [-0.2, 0) is 12.8 Å². The zero-order chi connectivity index (χ0) is 14.5. The molecule has 0 bridgehead atoms. The zero-order valence-corrected chi connectivity index (χ0v) is 13.2. The van der Waals surface area contributed by atoms with Gasteiger partial charge >= 0.3 is 0 Å². The van der Waals surface area contributed by atoms with Gasteiger partial charge in [-0.05, 0) is 12.2 Å². The predicted octanol–water partition coefficient (Wildman–Crippen LogP) is 2.95. The second kappa shape index (κ2) is 6.74. The van der Waals surface area contributed by atoms with E-state index in [9.17, 15) is 0 Å². The Morgan fingerprint density at radius 3 is 2.75 bits per heavy atom. The number of aryl methyl sites for hydroxylation is 1. The first-order valence-corrected chi connectivity index (χ1v) is 7.85. The van der Waals surface area contributed by atoms with Gasteiger partial charge in [-0.2, -0.15) is 16.9 Å². The SMILES string of the molecule is CCNc1cc(-c2cnn(C)c2)nc(CSC(C)C)n1. The topological polar surface area (TPSA) is 55.6 Å². The van der Waals surface area contributed by atoms with Crippen LogP contribution in [0.5, 0.6) is 0 Å². The molecule has 0 atom stereocenters. The van der Waals surface area contributed by atoms with Crippen LogP contribution < -0.4 is 5.32 Å². The largest absolute Gasteiger partial charge is 0.370 e. The third-order valence-corrected chi connectivity index (χ3v) is 3.77. The van der Waals surface area contributed by atoms with E-state index in [1.165, 1.54) is 0 Å². The summed E-state index contributed by atoms with van der Waals surface area (Å²) in [4.78, 5) is 9.20. The van der Waals surface area contributed by atoms with Crippen LogP contribution in [0.25, 0.3) is 11.3 Å². The molecule has 6 heteroatoms. The number of rotatable bonds is 6. The Labute approximate surface area is 124 Å². The first-order valence-electron chi connectivity index (χ1n) is 6.81. The van der Waals surface area contributed by atoms with Crippen molar-refractivity contribution < 1.29 is 0 Å². The van der Waals surface area contributed by atoms with Crippen LogP contribution in [0, 0.1) is 0 Å². The molecule has 2 aromatic heterocycles. The van der Waals surface area contributed by atoms with Gasteiger partial charge in [0.2, 0.25) is 0 Å². The fourth-order valence-electron chi connectivity index (χ4n) is 1.78. The van der Waals surface area contributed by atoms with E-state index < -0.39 is 0 Å². The highest BCUT2D eigenvalue weighted by molar-refractivity contribution is 7.99. The Balaban J connectivity index is 2.30. The highest BCUT2D eigenvalue weighted by Crippen LogP contribution is 2.22. The molecule has 0 aromatic carbocycles. The fraction of sp³-hybridized carbons (Fsp3) is 0.500. The molecule has 0 aliphatic rings. The summed E-state index contributed by atoms with van der Waals surface area (Å²) in [5.41, 5.74) is 1.94. The van der Waals surface area contributed by atoms with Crippen LogP contribution in [0.4, 0.5) is 5.82 Å². The third kappa shape index (κ3) is 3.96. The number of nitrogens with one attached hydrogen (secondary N) is 1. The lowest BCUT2D eigenvalue weighted by atomic mass is 10.2. The standard InChI is InChI=1S/C14H21N5S/c1-5-15-13-6-12(11-7-16-19(4)8-11)17-14(18-13)9-20-10(2)3/h6-8,10H,5,9H2,1-4H3,(H,15,17,18). The highest BCUT2D eigenvalue weighted by atomic mass is 32.2. The maximum absolute atomic E-state index is 4.65. The van der Waals surface area contributed by atoms with Crippen LogP contribution >= 0.6 is 11.8 Å². The van der Waals surface area contributed by atoms with E-state index in [0.717, 1.165) is 35.2 Å². The molecule has 1 N–H and O–H groups in total. The van der Waals surface area contributed by atoms with E-state index in [2.05, 4.69) is 41.2 Å². The molecule has 2 heterocycles. The minimum Gasteiger partial charge on any atom is -0.370 e. The molecule has 2 aromatic rings. The smallest absolute Gasteiger partial charge is 0.141 e. The van der Waals surface area contributed by atoms with Crippen LogP contribution in [-0.4, -0.2) is 31.5 Å². The minimum absolute atomic E-state index is 0.572. The van der Waals surface area contributed by atoms with Crippen molar-refractivity contribution in [2.45, 2.75) is 31.8 Å². The van der Waals surface area contributed by atoms with Gasteiger partial charge in [0.1, 0.15) is 11.6 Å². The van der Waals surface area contributed by atoms with Gasteiger partial charge in [0.05, 0.1) is 17.6 Å². The second-order valence-electron chi connectivity index (χ2n) is 4.85. The van der Waals surface area contributed by atoms with E-state index in [-0.39, 0.29) is 0 Å². The number of aromatic nitrogens is 4. The molecule has 0 aliphatic heterocycles. The van der Waals surface area contributed by atoms with Crippen molar-refractivity contribution in [2.75, 3.05) is 11.9 Å². The fourth-order valence-corrected chi connectivity index (χ4v) is 2.39. The average molecular weight is 291 g/mol. The van der Waals surface area contributed by atoms with E-state index in [1.807, 2.05) is 37.3 Å².